The van der Waals surface area contributed by atoms with Gasteiger partial charge in [-0.15, -0.1) is 0 Å². The van der Waals surface area contributed by atoms with Gasteiger partial charge >= 0.3 is 5.97 Å². The fraction of sp³-hybridized carbons (Fsp3) is 0.615. The lowest BCUT2D eigenvalue weighted by atomic mass is 10.2. The molecule has 1 N–H and O–H groups in total. The average Bonchev–Trinajstić information content (AvgIpc) is 2.60. The molecular weight excluding hydrogens is 244 g/mol. The summed E-state index contributed by atoms with van der Waals surface area (Å²) in [4.78, 5) is 23.8. The van der Waals surface area contributed by atoms with Gasteiger partial charge in [0, 0.05) is 25.3 Å². The minimum atomic E-state index is -1.01. The molecule has 1 aliphatic rings. The van der Waals surface area contributed by atoms with Gasteiger partial charge in [-0.25, -0.2) is 14.8 Å². The minimum absolute atomic E-state index is 0.0532. The number of nitrogens with zero attached hydrogens (tertiary/aromatic N) is 4. The molecule has 104 valence electrons. The first-order chi connectivity index (χ1) is 9.11. The predicted molar refractivity (Wildman–Crippen MR) is 72.5 cm³/mol. The molecule has 0 aliphatic carbocycles. The molecule has 19 heavy (non-hydrogen) atoms. The molecular formula is C13H20N4O2. The third kappa shape index (κ3) is 3.20. The SMILES string of the molecule is CCC1CN(C)CCCN1c1nccc(C(=O)O)n1. The van der Waals surface area contributed by atoms with Crippen molar-refractivity contribution in [2.75, 3.05) is 31.6 Å². The molecule has 6 heteroatoms. The lowest BCUT2D eigenvalue weighted by molar-refractivity contribution is 0.0690. The summed E-state index contributed by atoms with van der Waals surface area (Å²) in [5.41, 5.74) is 0.0532. The third-order valence-electron chi connectivity index (χ3n) is 3.49. The Kier molecular flexibility index (Phi) is 4.31. The van der Waals surface area contributed by atoms with Crippen molar-refractivity contribution in [1.29, 1.82) is 0 Å². The number of anilines is 1. The molecule has 0 radical (unpaired) electrons. The Morgan fingerprint density at radius 3 is 3.00 bits per heavy atom. The summed E-state index contributed by atoms with van der Waals surface area (Å²) in [5.74, 6) is -0.481. The highest BCUT2D eigenvalue weighted by Crippen LogP contribution is 2.18. The van der Waals surface area contributed by atoms with Crippen LogP contribution in [0.3, 0.4) is 0 Å². The zero-order valence-electron chi connectivity index (χ0n) is 11.4. The molecule has 0 saturated carbocycles. The standard InChI is InChI=1S/C13H20N4O2/c1-3-10-9-16(2)7-4-8-17(10)13-14-6-5-11(15-13)12(18)19/h5-6,10H,3-4,7-9H2,1-2H3,(H,18,19). The van der Waals surface area contributed by atoms with E-state index in [-0.39, 0.29) is 5.69 Å². The Bertz CT molecular complexity index is 452. The number of likely N-dealkylation sites (N-methyl/N-ethyl adjacent to an activating group) is 1. The second kappa shape index (κ2) is 5.97. The van der Waals surface area contributed by atoms with Crippen molar-refractivity contribution in [3.05, 3.63) is 18.0 Å². The van der Waals surface area contributed by atoms with Gasteiger partial charge in [0.2, 0.25) is 5.95 Å². The summed E-state index contributed by atoms with van der Waals surface area (Å²) in [6.07, 6.45) is 3.55. The highest BCUT2D eigenvalue weighted by Gasteiger charge is 2.24. The summed E-state index contributed by atoms with van der Waals surface area (Å²) in [6.45, 7) is 5.01. The highest BCUT2D eigenvalue weighted by atomic mass is 16.4. The summed E-state index contributed by atoms with van der Waals surface area (Å²) in [5, 5.41) is 9.01. The van der Waals surface area contributed by atoms with E-state index in [2.05, 4.69) is 33.7 Å². The van der Waals surface area contributed by atoms with Gasteiger partial charge < -0.3 is 14.9 Å². The van der Waals surface area contributed by atoms with Gasteiger partial charge in [-0.3, -0.25) is 0 Å². The average molecular weight is 264 g/mol. The van der Waals surface area contributed by atoms with E-state index in [1.54, 1.807) is 0 Å². The van der Waals surface area contributed by atoms with Gasteiger partial charge in [0.05, 0.1) is 0 Å². The Balaban J connectivity index is 2.27. The molecule has 0 bridgehead atoms. The Labute approximate surface area is 113 Å². The smallest absolute Gasteiger partial charge is 0.354 e. The number of carbonyl (C=O) groups is 1. The van der Waals surface area contributed by atoms with Crippen LogP contribution in [0.1, 0.15) is 30.3 Å². The highest BCUT2D eigenvalue weighted by molar-refractivity contribution is 5.85. The Morgan fingerprint density at radius 2 is 2.32 bits per heavy atom. The number of rotatable bonds is 3. The predicted octanol–water partition coefficient (Wildman–Crippen LogP) is 1.10. The van der Waals surface area contributed by atoms with E-state index in [0.29, 0.717) is 12.0 Å². The monoisotopic (exact) mass is 264 g/mol. The van der Waals surface area contributed by atoms with Crippen LogP contribution in [-0.4, -0.2) is 58.7 Å². The molecule has 2 heterocycles. The first-order valence-corrected chi connectivity index (χ1v) is 6.63. The molecule has 0 amide bonds. The maximum absolute atomic E-state index is 11.0. The molecule has 1 aromatic rings. The molecule has 1 saturated heterocycles. The van der Waals surface area contributed by atoms with Crippen molar-refractivity contribution in [2.45, 2.75) is 25.8 Å². The van der Waals surface area contributed by atoms with Gasteiger partial charge in [0.25, 0.3) is 0 Å². The molecule has 0 spiro atoms. The van der Waals surface area contributed by atoms with Crippen LogP contribution in [0.25, 0.3) is 0 Å². The summed E-state index contributed by atoms with van der Waals surface area (Å²) in [6, 6.07) is 1.76. The fourth-order valence-corrected chi connectivity index (χ4v) is 2.46. The molecule has 1 atom stereocenters. The number of hydrogen-bond donors (Lipinski definition) is 1. The first kappa shape index (κ1) is 13.7. The van der Waals surface area contributed by atoms with Gasteiger partial charge in [0.1, 0.15) is 0 Å². The molecule has 1 aromatic heterocycles. The topological polar surface area (TPSA) is 69.6 Å². The van der Waals surface area contributed by atoms with E-state index >= 15 is 0 Å². The van der Waals surface area contributed by atoms with Crippen LogP contribution in [0.15, 0.2) is 12.3 Å². The van der Waals surface area contributed by atoms with Gasteiger partial charge in [-0.1, -0.05) is 6.92 Å². The van der Waals surface area contributed by atoms with Crippen LogP contribution in [0.4, 0.5) is 5.95 Å². The molecule has 0 aromatic carbocycles. The van der Waals surface area contributed by atoms with Gasteiger partial charge in [0.15, 0.2) is 5.69 Å². The first-order valence-electron chi connectivity index (χ1n) is 6.63. The van der Waals surface area contributed by atoms with Crippen molar-refractivity contribution in [3.63, 3.8) is 0 Å². The van der Waals surface area contributed by atoms with E-state index in [1.807, 2.05) is 0 Å². The van der Waals surface area contributed by atoms with Crippen LogP contribution in [0.5, 0.6) is 0 Å². The van der Waals surface area contributed by atoms with E-state index in [4.69, 9.17) is 5.11 Å². The van der Waals surface area contributed by atoms with Gasteiger partial charge in [-0.05, 0) is 32.5 Å². The van der Waals surface area contributed by atoms with Crippen molar-refractivity contribution < 1.29 is 9.90 Å². The summed E-state index contributed by atoms with van der Waals surface area (Å²) >= 11 is 0. The third-order valence-corrected chi connectivity index (χ3v) is 3.49. The maximum atomic E-state index is 11.0. The molecule has 6 nitrogen and oxygen atoms in total. The van der Waals surface area contributed by atoms with E-state index in [1.165, 1.54) is 12.3 Å². The molecule has 1 unspecified atom stereocenters. The number of carboxylic acid groups (broad SMARTS) is 1. The zero-order valence-corrected chi connectivity index (χ0v) is 11.4. The second-order valence-corrected chi connectivity index (χ2v) is 4.92. The fourth-order valence-electron chi connectivity index (χ4n) is 2.46. The largest absolute Gasteiger partial charge is 0.477 e. The van der Waals surface area contributed by atoms with E-state index in [9.17, 15) is 4.79 Å². The Hall–Kier alpha value is -1.69. The van der Waals surface area contributed by atoms with Gasteiger partial charge in [-0.2, -0.15) is 0 Å². The summed E-state index contributed by atoms with van der Waals surface area (Å²) < 4.78 is 0. The lowest BCUT2D eigenvalue weighted by Crippen LogP contribution is -2.40. The lowest BCUT2D eigenvalue weighted by Gasteiger charge is -2.30. The molecule has 1 fully saturated rings. The summed E-state index contributed by atoms with van der Waals surface area (Å²) in [7, 11) is 2.11. The van der Waals surface area contributed by atoms with Crippen LogP contribution < -0.4 is 4.90 Å². The number of aromatic carboxylic acids is 1. The van der Waals surface area contributed by atoms with Crippen molar-refractivity contribution in [2.24, 2.45) is 0 Å². The van der Waals surface area contributed by atoms with Crippen LogP contribution >= 0.6 is 0 Å². The van der Waals surface area contributed by atoms with Crippen LogP contribution in [-0.2, 0) is 0 Å². The van der Waals surface area contributed by atoms with Crippen molar-refractivity contribution in [3.8, 4) is 0 Å². The van der Waals surface area contributed by atoms with E-state index in [0.717, 1.165) is 32.5 Å². The molecule has 2 rings (SSSR count). The van der Waals surface area contributed by atoms with Crippen molar-refractivity contribution >= 4 is 11.9 Å². The quantitative estimate of drug-likeness (QED) is 0.881. The number of hydrogen-bond acceptors (Lipinski definition) is 5. The maximum Gasteiger partial charge on any atom is 0.354 e. The van der Waals surface area contributed by atoms with E-state index < -0.39 is 5.97 Å². The number of aromatic nitrogens is 2. The second-order valence-electron chi connectivity index (χ2n) is 4.92. The Morgan fingerprint density at radius 1 is 1.53 bits per heavy atom. The van der Waals surface area contributed by atoms with Crippen molar-refractivity contribution in [1.82, 2.24) is 14.9 Å². The normalized spacial score (nSPS) is 21.2. The van der Waals surface area contributed by atoms with Crippen LogP contribution in [0, 0.1) is 0 Å². The zero-order chi connectivity index (χ0) is 13.8. The minimum Gasteiger partial charge on any atom is -0.477 e. The van der Waals surface area contributed by atoms with Crippen LogP contribution in [0.2, 0.25) is 0 Å². The number of carboxylic acids is 1. The molecule has 1 aliphatic heterocycles.